The molecular formula is C16H26N2O. The highest BCUT2D eigenvalue weighted by Gasteiger charge is 2.13. The van der Waals surface area contributed by atoms with E-state index in [1.54, 1.807) is 4.90 Å². The van der Waals surface area contributed by atoms with E-state index in [0.717, 1.165) is 5.69 Å². The van der Waals surface area contributed by atoms with Gasteiger partial charge in [0, 0.05) is 12.7 Å². The van der Waals surface area contributed by atoms with Crippen molar-refractivity contribution in [2.24, 2.45) is 5.92 Å². The first-order chi connectivity index (χ1) is 8.82. The monoisotopic (exact) mass is 262 g/mol. The molecule has 1 amide bonds. The number of benzene rings is 1. The molecule has 0 bridgehead atoms. The van der Waals surface area contributed by atoms with Gasteiger partial charge in [-0.3, -0.25) is 4.79 Å². The molecule has 1 aromatic carbocycles. The number of anilines is 1. The maximum atomic E-state index is 12.0. The standard InChI is InChI=1S/C16H26N2O/c1-12(2)13(3)14-7-9-15(10-8-14)18(6)16(19)11-17(4)5/h7-10,12-13H,11H2,1-6H3/t13-/m0/s1. The number of nitrogens with zero attached hydrogens (tertiary/aromatic N) is 2. The molecule has 0 aromatic heterocycles. The smallest absolute Gasteiger partial charge is 0.240 e. The third-order valence-electron chi connectivity index (χ3n) is 3.63. The number of hydrogen-bond donors (Lipinski definition) is 0. The van der Waals surface area contributed by atoms with E-state index in [4.69, 9.17) is 0 Å². The van der Waals surface area contributed by atoms with Crippen LogP contribution in [0, 0.1) is 5.92 Å². The van der Waals surface area contributed by atoms with E-state index in [9.17, 15) is 4.79 Å². The molecule has 0 saturated heterocycles. The molecule has 106 valence electrons. The maximum Gasteiger partial charge on any atom is 0.240 e. The van der Waals surface area contributed by atoms with Crippen molar-refractivity contribution in [3.8, 4) is 0 Å². The van der Waals surface area contributed by atoms with Crippen LogP contribution in [0.5, 0.6) is 0 Å². The van der Waals surface area contributed by atoms with Crippen molar-refractivity contribution in [1.29, 1.82) is 0 Å². The predicted octanol–water partition coefficient (Wildman–Crippen LogP) is 2.97. The molecule has 3 heteroatoms. The first-order valence-corrected chi connectivity index (χ1v) is 6.84. The minimum Gasteiger partial charge on any atom is -0.314 e. The zero-order valence-corrected chi connectivity index (χ0v) is 13.0. The molecule has 0 aliphatic heterocycles. The maximum absolute atomic E-state index is 12.0. The first-order valence-electron chi connectivity index (χ1n) is 6.84. The Kier molecular flexibility index (Phi) is 5.55. The van der Waals surface area contributed by atoms with Gasteiger partial charge in [0.05, 0.1) is 6.54 Å². The second-order valence-corrected chi connectivity index (χ2v) is 5.81. The van der Waals surface area contributed by atoms with E-state index < -0.39 is 0 Å². The van der Waals surface area contributed by atoms with E-state index in [2.05, 4.69) is 32.9 Å². The fourth-order valence-corrected chi connectivity index (χ4v) is 1.91. The van der Waals surface area contributed by atoms with Gasteiger partial charge in [0.25, 0.3) is 0 Å². The van der Waals surface area contributed by atoms with Crippen molar-refractivity contribution in [3.63, 3.8) is 0 Å². The van der Waals surface area contributed by atoms with Crippen LogP contribution in [0.4, 0.5) is 5.69 Å². The van der Waals surface area contributed by atoms with Crippen LogP contribution in [0.15, 0.2) is 24.3 Å². The number of rotatable bonds is 5. The summed E-state index contributed by atoms with van der Waals surface area (Å²) in [7, 11) is 5.63. The minimum atomic E-state index is 0.106. The summed E-state index contributed by atoms with van der Waals surface area (Å²) in [6.07, 6.45) is 0. The predicted molar refractivity (Wildman–Crippen MR) is 81.7 cm³/mol. The van der Waals surface area contributed by atoms with Crippen molar-refractivity contribution in [2.75, 3.05) is 32.6 Å². The Morgan fingerprint density at radius 2 is 1.58 bits per heavy atom. The van der Waals surface area contributed by atoms with Gasteiger partial charge in [-0.1, -0.05) is 32.9 Å². The van der Waals surface area contributed by atoms with Crippen LogP contribution in [-0.2, 0) is 4.79 Å². The summed E-state index contributed by atoms with van der Waals surface area (Å²) < 4.78 is 0. The number of hydrogen-bond acceptors (Lipinski definition) is 2. The van der Waals surface area contributed by atoms with Crippen molar-refractivity contribution >= 4 is 11.6 Å². The highest BCUT2D eigenvalue weighted by Crippen LogP contribution is 2.25. The second kappa shape index (κ2) is 6.71. The molecule has 0 saturated carbocycles. The summed E-state index contributed by atoms with van der Waals surface area (Å²) in [5.41, 5.74) is 2.28. The quantitative estimate of drug-likeness (QED) is 0.814. The van der Waals surface area contributed by atoms with Crippen LogP contribution in [0.3, 0.4) is 0 Å². The van der Waals surface area contributed by atoms with E-state index in [1.165, 1.54) is 5.56 Å². The van der Waals surface area contributed by atoms with Gasteiger partial charge >= 0.3 is 0 Å². The van der Waals surface area contributed by atoms with Gasteiger partial charge < -0.3 is 9.80 Å². The Morgan fingerprint density at radius 1 is 1.05 bits per heavy atom. The van der Waals surface area contributed by atoms with Crippen molar-refractivity contribution in [1.82, 2.24) is 4.90 Å². The van der Waals surface area contributed by atoms with Gasteiger partial charge in [0.15, 0.2) is 0 Å². The molecule has 0 spiro atoms. The van der Waals surface area contributed by atoms with Gasteiger partial charge in [-0.25, -0.2) is 0 Å². The number of likely N-dealkylation sites (N-methyl/N-ethyl adjacent to an activating group) is 2. The molecule has 0 heterocycles. The Hall–Kier alpha value is -1.35. The van der Waals surface area contributed by atoms with Crippen LogP contribution in [-0.4, -0.2) is 38.5 Å². The van der Waals surface area contributed by atoms with Crippen LogP contribution in [0.25, 0.3) is 0 Å². The minimum absolute atomic E-state index is 0.106. The van der Waals surface area contributed by atoms with Crippen LogP contribution >= 0.6 is 0 Å². The Labute approximate surface area is 117 Å². The fourth-order valence-electron chi connectivity index (χ4n) is 1.91. The average molecular weight is 262 g/mol. The lowest BCUT2D eigenvalue weighted by Gasteiger charge is -2.21. The highest BCUT2D eigenvalue weighted by molar-refractivity contribution is 5.94. The van der Waals surface area contributed by atoms with Gasteiger partial charge in [0.2, 0.25) is 5.91 Å². The molecule has 3 nitrogen and oxygen atoms in total. The molecule has 0 aliphatic rings. The molecule has 19 heavy (non-hydrogen) atoms. The normalized spacial score (nSPS) is 12.8. The summed E-state index contributed by atoms with van der Waals surface area (Å²) in [4.78, 5) is 15.6. The van der Waals surface area contributed by atoms with Gasteiger partial charge in [-0.05, 0) is 43.6 Å². The number of amides is 1. The molecule has 1 rings (SSSR count). The van der Waals surface area contributed by atoms with Crippen LogP contribution in [0.1, 0.15) is 32.3 Å². The lowest BCUT2D eigenvalue weighted by atomic mass is 9.90. The Balaban J connectivity index is 2.78. The lowest BCUT2D eigenvalue weighted by Crippen LogP contribution is -2.34. The van der Waals surface area contributed by atoms with Gasteiger partial charge in [-0.2, -0.15) is 0 Å². The third-order valence-corrected chi connectivity index (χ3v) is 3.63. The van der Waals surface area contributed by atoms with Gasteiger partial charge in [0.1, 0.15) is 0 Å². The highest BCUT2D eigenvalue weighted by atomic mass is 16.2. The SMILES string of the molecule is CC(C)[C@H](C)c1ccc(N(C)C(=O)CN(C)C)cc1. The second-order valence-electron chi connectivity index (χ2n) is 5.81. The Bertz CT molecular complexity index is 409. The molecule has 0 unspecified atom stereocenters. The zero-order chi connectivity index (χ0) is 14.6. The molecule has 0 fully saturated rings. The molecule has 0 aliphatic carbocycles. The topological polar surface area (TPSA) is 23.6 Å². The summed E-state index contributed by atoms with van der Waals surface area (Å²) in [6.45, 7) is 7.12. The summed E-state index contributed by atoms with van der Waals surface area (Å²) >= 11 is 0. The molecule has 0 N–H and O–H groups in total. The van der Waals surface area contributed by atoms with E-state index in [-0.39, 0.29) is 5.91 Å². The third kappa shape index (κ3) is 4.35. The molecule has 0 radical (unpaired) electrons. The van der Waals surface area contributed by atoms with Crippen molar-refractivity contribution in [3.05, 3.63) is 29.8 Å². The first kappa shape index (κ1) is 15.7. The molecule has 1 aromatic rings. The number of carbonyl (C=O) groups excluding carboxylic acids is 1. The van der Waals surface area contributed by atoms with Crippen molar-refractivity contribution < 1.29 is 4.79 Å². The summed E-state index contributed by atoms with van der Waals surface area (Å²) in [5.74, 6) is 1.27. The average Bonchev–Trinajstić information content (AvgIpc) is 2.36. The van der Waals surface area contributed by atoms with Crippen LogP contribution in [0.2, 0.25) is 0 Å². The summed E-state index contributed by atoms with van der Waals surface area (Å²) in [6, 6.07) is 8.31. The Morgan fingerprint density at radius 3 is 2.00 bits per heavy atom. The van der Waals surface area contributed by atoms with E-state index >= 15 is 0 Å². The van der Waals surface area contributed by atoms with Crippen LogP contribution < -0.4 is 4.90 Å². The van der Waals surface area contributed by atoms with Crippen molar-refractivity contribution in [2.45, 2.75) is 26.7 Å². The lowest BCUT2D eigenvalue weighted by molar-refractivity contribution is -0.118. The largest absolute Gasteiger partial charge is 0.314 e. The van der Waals surface area contributed by atoms with E-state index in [1.807, 2.05) is 38.2 Å². The fraction of sp³-hybridized carbons (Fsp3) is 0.562. The zero-order valence-electron chi connectivity index (χ0n) is 13.0. The molecule has 1 atom stereocenters. The van der Waals surface area contributed by atoms with E-state index in [0.29, 0.717) is 18.4 Å². The van der Waals surface area contributed by atoms with Gasteiger partial charge in [-0.15, -0.1) is 0 Å². The summed E-state index contributed by atoms with van der Waals surface area (Å²) in [5, 5.41) is 0. The number of carbonyl (C=O) groups is 1. The molecular weight excluding hydrogens is 236 g/mol.